The Kier molecular flexibility index (Phi) is 15.3. The normalized spacial score (nSPS) is 15.0. The summed E-state index contributed by atoms with van der Waals surface area (Å²) >= 11 is 0. The van der Waals surface area contributed by atoms with E-state index in [1.54, 1.807) is 0 Å². The van der Waals surface area contributed by atoms with E-state index in [0.717, 1.165) is 25.7 Å². The van der Waals surface area contributed by atoms with Crippen molar-refractivity contribution in [3.05, 3.63) is 179 Å². The van der Waals surface area contributed by atoms with Crippen LogP contribution in [0.5, 0.6) is 0 Å². The van der Waals surface area contributed by atoms with Crippen molar-refractivity contribution < 1.29 is 0 Å². The van der Waals surface area contributed by atoms with Crippen molar-refractivity contribution in [3.63, 3.8) is 0 Å². The Hall–Kier alpha value is -4.68. The van der Waals surface area contributed by atoms with Gasteiger partial charge in [-0.25, -0.2) is 0 Å². The molecule has 0 bridgehead atoms. The highest BCUT2D eigenvalue weighted by atomic mass is 14.2. The van der Waals surface area contributed by atoms with Gasteiger partial charge in [-0.15, -0.1) is 0 Å². The highest BCUT2D eigenvalue weighted by Gasteiger charge is 2.14. The molecule has 0 radical (unpaired) electrons. The summed E-state index contributed by atoms with van der Waals surface area (Å²) in [4.78, 5) is 0. The molecule has 0 heterocycles. The first-order chi connectivity index (χ1) is 24.4. The molecule has 1 unspecified atom stereocenters. The van der Waals surface area contributed by atoms with Crippen molar-refractivity contribution >= 4 is 11.6 Å². The van der Waals surface area contributed by atoms with E-state index in [0.29, 0.717) is 11.8 Å². The summed E-state index contributed by atoms with van der Waals surface area (Å²) in [6.45, 7) is 14.9. The third-order valence-electron chi connectivity index (χ3n) is 8.86. The quantitative estimate of drug-likeness (QED) is 0.157. The van der Waals surface area contributed by atoms with Crippen LogP contribution in [0.2, 0.25) is 0 Å². The van der Waals surface area contributed by atoms with Gasteiger partial charge >= 0.3 is 0 Å². The average Bonchev–Trinajstić information content (AvgIpc) is 3.16. The van der Waals surface area contributed by atoms with Crippen LogP contribution in [0.1, 0.15) is 102 Å². The zero-order chi connectivity index (χ0) is 35.7. The van der Waals surface area contributed by atoms with E-state index >= 15 is 0 Å². The van der Waals surface area contributed by atoms with Crippen LogP contribution in [-0.2, 0) is 6.42 Å². The second-order valence-electron chi connectivity index (χ2n) is 13.6. The number of rotatable bonds is 9. The molecule has 0 spiro atoms. The van der Waals surface area contributed by atoms with Crippen LogP contribution in [0.25, 0.3) is 33.9 Å². The predicted molar refractivity (Wildman–Crippen MR) is 223 cm³/mol. The van der Waals surface area contributed by atoms with Gasteiger partial charge < -0.3 is 0 Å². The van der Waals surface area contributed by atoms with Crippen LogP contribution < -0.4 is 0 Å². The summed E-state index contributed by atoms with van der Waals surface area (Å²) < 4.78 is 0. The minimum absolute atomic E-state index is 0.409. The first kappa shape index (κ1) is 38.1. The summed E-state index contributed by atoms with van der Waals surface area (Å²) in [6.07, 6.45) is 26.1. The Balaban J connectivity index is 0.000000559. The third kappa shape index (κ3) is 11.4. The summed E-state index contributed by atoms with van der Waals surface area (Å²) in [6, 6.07) is 35.8. The molecule has 0 aliphatic heterocycles. The fourth-order valence-corrected chi connectivity index (χ4v) is 6.65. The Morgan fingerprint density at radius 3 is 2.10 bits per heavy atom. The summed E-state index contributed by atoms with van der Waals surface area (Å²) in [5.41, 5.74) is 14.6. The lowest BCUT2D eigenvalue weighted by atomic mass is 9.87. The van der Waals surface area contributed by atoms with E-state index in [4.69, 9.17) is 0 Å². The van der Waals surface area contributed by atoms with Gasteiger partial charge in [0.1, 0.15) is 0 Å². The molecule has 0 amide bonds. The van der Waals surface area contributed by atoms with E-state index in [1.165, 1.54) is 67.6 Å². The first-order valence-corrected chi connectivity index (χ1v) is 18.9. The number of hydrogen-bond donors (Lipinski definition) is 0. The molecule has 2 aliphatic carbocycles. The van der Waals surface area contributed by atoms with Crippen molar-refractivity contribution in [3.8, 4) is 22.3 Å². The summed E-state index contributed by atoms with van der Waals surface area (Å²) in [7, 11) is 0. The first-order valence-electron chi connectivity index (χ1n) is 18.9. The standard InChI is InChI=1S/C41H38.C7H14.C2H6/c1-2-13-32-19-9-10-20-35(32)25-24-31-14-11-21-36(26-31)37-22-12-23-38(27-37)41-29-39(33-15-5-3-6-16-33)28-40(30-41)34-17-7-4-8-18-34;1-6(2)5-7(3)4;1-2/h3-10,12,15-17,19-30,34H,2,11,13-14,18H2,1H3;5-6H,1-4H3;1-2H3/b25-24-;;. The van der Waals surface area contributed by atoms with Crippen LogP contribution in [0.15, 0.2) is 157 Å². The third-order valence-corrected chi connectivity index (χ3v) is 8.86. The van der Waals surface area contributed by atoms with Gasteiger partial charge in [-0.2, -0.15) is 0 Å². The van der Waals surface area contributed by atoms with E-state index in [9.17, 15) is 0 Å². The highest BCUT2D eigenvalue weighted by molar-refractivity contribution is 5.81. The zero-order valence-corrected chi connectivity index (χ0v) is 31.6. The van der Waals surface area contributed by atoms with Gasteiger partial charge in [-0.05, 0) is 113 Å². The minimum Gasteiger partial charge on any atom is -0.0836 e. The zero-order valence-electron chi connectivity index (χ0n) is 31.6. The van der Waals surface area contributed by atoms with Gasteiger partial charge in [0.25, 0.3) is 0 Å². The Morgan fingerprint density at radius 1 is 0.740 bits per heavy atom. The maximum Gasteiger partial charge on any atom is 0.00561 e. The van der Waals surface area contributed by atoms with Crippen molar-refractivity contribution in [2.24, 2.45) is 5.92 Å². The molecule has 0 heteroatoms. The van der Waals surface area contributed by atoms with Crippen LogP contribution in [0, 0.1) is 5.92 Å². The topological polar surface area (TPSA) is 0 Å². The molecule has 50 heavy (non-hydrogen) atoms. The molecule has 0 nitrogen and oxygen atoms in total. The number of benzene rings is 4. The number of hydrogen-bond acceptors (Lipinski definition) is 0. The molecular formula is C50H58. The lowest BCUT2D eigenvalue weighted by Crippen LogP contribution is -1.98. The van der Waals surface area contributed by atoms with Gasteiger partial charge in [0.2, 0.25) is 0 Å². The molecule has 0 aromatic heterocycles. The Morgan fingerprint density at radius 2 is 1.42 bits per heavy atom. The molecule has 258 valence electrons. The highest BCUT2D eigenvalue weighted by Crippen LogP contribution is 2.35. The molecule has 6 rings (SSSR count). The van der Waals surface area contributed by atoms with Crippen LogP contribution in [0.4, 0.5) is 0 Å². The molecule has 0 saturated heterocycles. The fraction of sp³-hybridized carbons (Fsp3) is 0.280. The Bertz CT molecular complexity index is 1830. The SMILES string of the molecule is CC.CC(C)=CC(C)C.CCCc1ccccc1/C=C\C1=CC(c2cccc(-c3cc(-c4ccccc4)cc(C4C=CC=CC4)c3)c2)=CCC1. The smallest absolute Gasteiger partial charge is 0.00561 e. The number of allylic oxidation sites excluding steroid dienone is 11. The van der Waals surface area contributed by atoms with Gasteiger partial charge in [0, 0.05) is 5.92 Å². The number of aryl methyl sites for hydroxylation is 1. The predicted octanol–water partition coefficient (Wildman–Crippen LogP) is 15.0. The molecule has 0 saturated carbocycles. The van der Waals surface area contributed by atoms with Crippen LogP contribution in [-0.4, -0.2) is 0 Å². The molecule has 2 aliphatic rings. The average molecular weight is 659 g/mol. The second kappa shape index (κ2) is 20.1. The van der Waals surface area contributed by atoms with Crippen LogP contribution >= 0.6 is 0 Å². The maximum absolute atomic E-state index is 2.40. The lowest BCUT2D eigenvalue weighted by Gasteiger charge is -2.18. The maximum atomic E-state index is 2.40. The molecule has 0 N–H and O–H groups in total. The van der Waals surface area contributed by atoms with Crippen molar-refractivity contribution in [1.82, 2.24) is 0 Å². The van der Waals surface area contributed by atoms with Gasteiger partial charge in [0.15, 0.2) is 0 Å². The molecular weight excluding hydrogens is 601 g/mol. The van der Waals surface area contributed by atoms with Gasteiger partial charge in [-0.3, -0.25) is 0 Å². The lowest BCUT2D eigenvalue weighted by molar-refractivity contribution is 0.822. The van der Waals surface area contributed by atoms with Crippen molar-refractivity contribution in [2.75, 3.05) is 0 Å². The van der Waals surface area contributed by atoms with Crippen molar-refractivity contribution in [2.45, 2.75) is 86.5 Å². The molecule has 4 aromatic rings. The van der Waals surface area contributed by atoms with Crippen LogP contribution in [0.3, 0.4) is 0 Å². The summed E-state index contributed by atoms with van der Waals surface area (Å²) in [5.74, 6) is 1.12. The molecule has 0 fully saturated rings. The van der Waals surface area contributed by atoms with E-state index < -0.39 is 0 Å². The minimum atomic E-state index is 0.409. The molecule has 4 aromatic carbocycles. The summed E-state index contributed by atoms with van der Waals surface area (Å²) in [5, 5.41) is 0. The van der Waals surface area contributed by atoms with Gasteiger partial charge in [-0.1, -0.05) is 186 Å². The van der Waals surface area contributed by atoms with E-state index in [-0.39, 0.29) is 0 Å². The largest absolute Gasteiger partial charge is 0.0836 e. The Labute approximate surface area is 304 Å². The monoisotopic (exact) mass is 658 g/mol. The van der Waals surface area contributed by atoms with Gasteiger partial charge in [0.05, 0.1) is 0 Å². The molecule has 1 atom stereocenters. The van der Waals surface area contributed by atoms with E-state index in [2.05, 4.69) is 186 Å². The fourth-order valence-electron chi connectivity index (χ4n) is 6.65. The van der Waals surface area contributed by atoms with Crippen molar-refractivity contribution in [1.29, 1.82) is 0 Å². The second-order valence-corrected chi connectivity index (χ2v) is 13.6. The van der Waals surface area contributed by atoms with E-state index in [1.807, 2.05) is 13.8 Å².